The molecule has 4 nitrogen and oxygen atoms in total. The summed E-state index contributed by atoms with van der Waals surface area (Å²) in [5.41, 5.74) is 0.964. The molecule has 1 heterocycles. The predicted octanol–water partition coefficient (Wildman–Crippen LogP) is 0.440. The van der Waals surface area contributed by atoms with E-state index in [0.29, 0.717) is 11.7 Å². The number of nitrogens with one attached hydrogen (secondary N) is 2. The molecule has 0 aliphatic rings. The number of rotatable bonds is 2. The molecule has 0 saturated carbocycles. The van der Waals surface area contributed by atoms with Gasteiger partial charge in [-0.3, -0.25) is 0 Å². The van der Waals surface area contributed by atoms with Crippen LogP contribution in [0.3, 0.4) is 0 Å². The van der Waals surface area contributed by atoms with Gasteiger partial charge in [0.2, 0.25) is 0 Å². The summed E-state index contributed by atoms with van der Waals surface area (Å²) in [5.74, 6) is 0. The Morgan fingerprint density at radius 3 is 2.92 bits per heavy atom. The van der Waals surface area contributed by atoms with E-state index in [2.05, 4.69) is 20.2 Å². The van der Waals surface area contributed by atoms with Crippen LogP contribution in [-0.4, -0.2) is 21.7 Å². The Morgan fingerprint density at radius 2 is 2.42 bits per heavy atom. The van der Waals surface area contributed by atoms with Crippen LogP contribution in [0.5, 0.6) is 0 Å². The number of hydrogen-bond donors (Lipinski definition) is 2. The highest BCUT2D eigenvalue weighted by Crippen LogP contribution is 2.07. The zero-order valence-electron chi connectivity index (χ0n) is 6.92. The maximum absolute atomic E-state index is 4.91. The fourth-order valence-corrected chi connectivity index (χ4v) is 1.31. The Kier molecular flexibility index (Phi) is 3.36. The van der Waals surface area contributed by atoms with Crippen LogP contribution in [0.4, 0.5) is 0 Å². The van der Waals surface area contributed by atoms with Crippen molar-refractivity contribution in [2.24, 2.45) is 0 Å². The topological polar surface area (TPSA) is 49.8 Å². The minimum Gasteiger partial charge on any atom is -0.366 e. The second-order valence-corrected chi connectivity index (χ2v) is 3.46. The van der Waals surface area contributed by atoms with Gasteiger partial charge in [0.05, 0.1) is 17.1 Å². The summed E-state index contributed by atoms with van der Waals surface area (Å²) >= 11 is 6.30. The molecule has 0 saturated heterocycles. The molecule has 66 valence electrons. The molecule has 0 atom stereocenters. The number of aromatic nitrogens is 2. The van der Waals surface area contributed by atoms with Crippen molar-refractivity contribution in [3.05, 3.63) is 10.6 Å². The maximum Gasteiger partial charge on any atom is 0.166 e. The van der Waals surface area contributed by atoms with Crippen molar-refractivity contribution < 1.29 is 0 Å². The first-order valence-electron chi connectivity index (χ1n) is 3.47. The Labute approximate surface area is 80.5 Å². The molecular weight excluding hydrogens is 192 g/mol. The number of hydrogen-bond acceptors (Lipinski definition) is 4. The summed E-state index contributed by atoms with van der Waals surface area (Å²) in [6.07, 6.45) is 0. The molecule has 1 aromatic rings. The first-order valence-corrected chi connectivity index (χ1v) is 4.65. The number of aryl methyl sites for hydroxylation is 1. The van der Waals surface area contributed by atoms with Crippen molar-refractivity contribution in [2.75, 3.05) is 7.05 Å². The number of nitrogens with zero attached hydrogens (tertiary/aromatic N) is 2. The van der Waals surface area contributed by atoms with E-state index in [9.17, 15) is 0 Å². The Balaban J connectivity index is 2.43. The Bertz CT molecular complexity index is 270. The van der Waals surface area contributed by atoms with Crippen molar-refractivity contribution in [2.45, 2.75) is 13.5 Å². The van der Waals surface area contributed by atoms with E-state index in [1.807, 2.05) is 6.92 Å². The first kappa shape index (κ1) is 9.34. The zero-order valence-corrected chi connectivity index (χ0v) is 8.55. The lowest BCUT2D eigenvalue weighted by Crippen LogP contribution is -2.31. The van der Waals surface area contributed by atoms with Crippen LogP contribution in [0.15, 0.2) is 0 Å². The molecule has 0 unspecified atom stereocenters. The van der Waals surface area contributed by atoms with Crippen LogP contribution in [0.1, 0.15) is 10.6 Å². The van der Waals surface area contributed by atoms with E-state index >= 15 is 0 Å². The van der Waals surface area contributed by atoms with E-state index in [0.717, 1.165) is 10.6 Å². The molecule has 0 aliphatic carbocycles. The van der Waals surface area contributed by atoms with Crippen LogP contribution in [0, 0.1) is 6.92 Å². The summed E-state index contributed by atoms with van der Waals surface area (Å²) in [7, 11) is 1.78. The van der Waals surface area contributed by atoms with Crippen LogP contribution < -0.4 is 10.6 Å². The third kappa shape index (κ3) is 2.38. The van der Waals surface area contributed by atoms with Gasteiger partial charge >= 0.3 is 0 Å². The average molecular weight is 202 g/mol. The molecule has 2 N–H and O–H groups in total. The lowest BCUT2D eigenvalue weighted by Gasteiger charge is -2.04. The lowest BCUT2D eigenvalue weighted by molar-refractivity contribution is 0.891. The van der Waals surface area contributed by atoms with Gasteiger partial charge in [-0.2, -0.15) is 0 Å². The number of thiocarbonyl (C=S) groups is 1. The monoisotopic (exact) mass is 202 g/mol. The van der Waals surface area contributed by atoms with Gasteiger partial charge in [-0.1, -0.05) is 4.49 Å². The third-order valence-electron chi connectivity index (χ3n) is 1.38. The van der Waals surface area contributed by atoms with Gasteiger partial charge in [0, 0.05) is 7.05 Å². The molecule has 0 spiro atoms. The van der Waals surface area contributed by atoms with E-state index in [1.165, 1.54) is 11.5 Å². The van der Waals surface area contributed by atoms with E-state index < -0.39 is 0 Å². The SMILES string of the molecule is CNC(=S)NCc1snnc1C. The summed E-state index contributed by atoms with van der Waals surface area (Å²) in [5, 5.41) is 10.4. The molecular formula is C6H10N4S2. The molecule has 0 amide bonds. The Morgan fingerprint density at radius 1 is 1.67 bits per heavy atom. The maximum atomic E-state index is 4.91. The van der Waals surface area contributed by atoms with Crippen molar-refractivity contribution in [3.63, 3.8) is 0 Å². The molecule has 12 heavy (non-hydrogen) atoms. The highest BCUT2D eigenvalue weighted by atomic mass is 32.1. The van der Waals surface area contributed by atoms with Gasteiger partial charge in [0.15, 0.2) is 5.11 Å². The van der Waals surface area contributed by atoms with Crippen molar-refractivity contribution in [1.29, 1.82) is 0 Å². The van der Waals surface area contributed by atoms with Gasteiger partial charge < -0.3 is 10.6 Å². The van der Waals surface area contributed by atoms with Crippen molar-refractivity contribution >= 4 is 28.9 Å². The highest BCUT2D eigenvalue weighted by Gasteiger charge is 2.02. The first-order chi connectivity index (χ1) is 5.74. The van der Waals surface area contributed by atoms with E-state index in [1.54, 1.807) is 7.05 Å². The van der Waals surface area contributed by atoms with Gasteiger partial charge in [0.1, 0.15) is 0 Å². The molecule has 0 aromatic carbocycles. The minimum atomic E-state index is 0.641. The van der Waals surface area contributed by atoms with Gasteiger partial charge in [-0.25, -0.2) is 0 Å². The zero-order chi connectivity index (χ0) is 8.97. The lowest BCUT2D eigenvalue weighted by atomic mass is 10.4. The minimum absolute atomic E-state index is 0.641. The van der Waals surface area contributed by atoms with Crippen molar-refractivity contribution in [3.8, 4) is 0 Å². The van der Waals surface area contributed by atoms with Gasteiger partial charge in [0.25, 0.3) is 0 Å². The fraction of sp³-hybridized carbons (Fsp3) is 0.500. The smallest absolute Gasteiger partial charge is 0.166 e. The molecule has 0 aliphatic heterocycles. The summed E-state index contributed by atoms with van der Waals surface area (Å²) in [6, 6.07) is 0. The standard InChI is InChI=1S/C6H10N4S2/c1-4-5(12-10-9-4)3-8-6(11)7-2/h3H2,1-2H3,(H2,7,8,11). The molecule has 1 rings (SSSR count). The normalized spacial score (nSPS) is 9.50. The second kappa shape index (κ2) is 4.32. The van der Waals surface area contributed by atoms with Crippen molar-refractivity contribution in [1.82, 2.24) is 20.2 Å². The quantitative estimate of drug-likeness (QED) is 0.682. The molecule has 1 aromatic heterocycles. The third-order valence-corrected chi connectivity index (χ3v) is 2.55. The average Bonchev–Trinajstić information content (AvgIpc) is 2.47. The molecule has 0 fully saturated rings. The highest BCUT2D eigenvalue weighted by molar-refractivity contribution is 7.80. The van der Waals surface area contributed by atoms with Crippen LogP contribution in [-0.2, 0) is 6.54 Å². The largest absolute Gasteiger partial charge is 0.366 e. The fourth-order valence-electron chi connectivity index (χ4n) is 0.662. The van der Waals surface area contributed by atoms with Crippen LogP contribution in [0.25, 0.3) is 0 Å². The van der Waals surface area contributed by atoms with Crippen LogP contribution in [0.2, 0.25) is 0 Å². The summed E-state index contributed by atoms with van der Waals surface area (Å²) in [4.78, 5) is 1.12. The molecule has 6 heteroatoms. The van der Waals surface area contributed by atoms with E-state index in [-0.39, 0.29) is 0 Å². The second-order valence-electron chi connectivity index (χ2n) is 2.21. The van der Waals surface area contributed by atoms with Crippen LogP contribution >= 0.6 is 23.8 Å². The van der Waals surface area contributed by atoms with Gasteiger partial charge in [-0.05, 0) is 30.7 Å². The molecule has 0 bridgehead atoms. The predicted molar refractivity (Wildman–Crippen MR) is 53.1 cm³/mol. The molecule has 0 radical (unpaired) electrons. The Hall–Kier alpha value is -0.750. The van der Waals surface area contributed by atoms with E-state index in [4.69, 9.17) is 12.2 Å². The summed E-state index contributed by atoms with van der Waals surface area (Å²) in [6.45, 7) is 2.63. The van der Waals surface area contributed by atoms with Gasteiger partial charge in [-0.15, -0.1) is 5.10 Å². The summed E-state index contributed by atoms with van der Waals surface area (Å²) < 4.78 is 3.81.